The Morgan fingerprint density at radius 1 is 0.634 bits per heavy atom. The van der Waals surface area contributed by atoms with Gasteiger partial charge in [0.2, 0.25) is 0 Å². The first-order valence-corrected chi connectivity index (χ1v) is 39.0. The van der Waals surface area contributed by atoms with E-state index in [9.17, 15) is 34.0 Å². The van der Waals surface area contributed by atoms with Gasteiger partial charge in [0.15, 0.2) is 11.2 Å². The van der Waals surface area contributed by atoms with E-state index in [1.807, 2.05) is 30.3 Å². The van der Waals surface area contributed by atoms with E-state index in [1.54, 1.807) is 56.4 Å². The van der Waals surface area contributed by atoms with Gasteiger partial charge in [-0.15, -0.1) is 0 Å². The molecule has 10 rings (SSSR count). The van der Waals surface area contributed by atoms with Gasteiger partial charge in [-0.3, -0.25) is 14.2 Å². The Labute approximate surface area is 496 Å². The van der Waals surface area contributed by atoms with Crippen molar-refractivity contribution < 1.29 is 56.5 Å². The molecule has 442 valence electrons. The summed E-state index contributed by atoms with van der Waals surface area (Å²) < 4.78 is 51.8. The van der Waals surface area contributed by atoms with Crippen LogP contribution in [0, 0.1) is 0 Å². The van der Waals surface area contributed by atoms with Gasteiger partial charge in [0.05, 0.1) is 58.0 Å². The van der Waals surface area contributed by atoms with E-state index >= 15 is 0 Å². The molecule has 0 fully saturated rings. The van der Waals surface area contributed by atoms with Gasteiger partial charge in [0.25, 0.3) is 11.1 Å². The highest BCUT2D eigenvalue weighted by Crippen LogP contribution is 2.48. The summed E-state index contributed by atoms with van der Waals surface area (Å²) in [5.74, 6) is -1.42. The number of hydrogen-bond acceptors (Lipinski definition) is 16. The third-order valence-corrected chi connectivity index (χ3v) is 27.1. The van der Waals surface area contributed by atoms with Crippen LogP contribution in [0.3, 0.4) is 0 Å². The van der Waals surface area contributed by atoms with E-state index in [1.165, 1.54) is 48.3 Å². The maximum Gasteiger partial charge on any atom is 0.343 e. The van der Waals surface area contributed by atoms with Crippen molar-refractivity contribution >= 4 is 88.7 Å². The molecule has 0 saturated heterocycles. The molecule has 23 heteroatoms. The highest BCUT2D eigenvalue weighted by Gasteiger charge is 2.47. The predicted octanol–water partition coefficient (Wildman–Crippen LogP) is 11.5. The lowest BCUT2D eigenvalue weighted by atomic mass is 9.86. The van der Waals surface area contributed by atoms with Crippen LogP contribution in [0.1, 0.15) is 84.0 Å². The molecule has 4 aromatic heterocycles. The summed E-state index contributed by atoms with van der Waals surface area (Å²) in [6, 6.07) is 24.3. The fraction of sp³-hybridized carbons (Fsp3) is 0.492. The van der Waals surface area contributed by atoms with Crippen LogP contribution in [0.15, 0.2) is 70.3 Å². The minimum atomic E-state index is -3.02. The molecule has 2 atom stereocenters. The third kappa shape index (κ3) is 12.6. The van der Waals surface area contributed by atoms with Crippen LogP contribution in [0.25, 0.3) is 44.6 Å². The lowest BCUT2D eigenvalue weighted by Crippen LogP contribution is -2.44. The molecule has 2 aromatic carbocycles. The van der Waals surface area contributed by atoms with Gasteiger partial charge in [-0.1, -0.05) is 123 Å². The smallest absolute Gasteiger partial charge is 0.343 e. The van der Waals surface area contributed by atoms with Crippen molar-refractivity contribution in [2.24, 2.45) is 0 Å². The second-order valence-corrected chi connectivity index (χ2v) is 38.4. The lowest BCUT2D eigenvalue weighted by molar-refractivity contribution is -0.172. The number of aromatic nitrogens is 4. The Hall–Kier alpha value is -4.36. The number of nitrogens with zero attached hydrogens (tertiary/aromatic N) is 4. The van der Waals surface area contributed by atoms with Gasteiger partial charge < -0.3 is 51.4 Å². The van der Waals surface area contributed by atoms with E-state index in [-0.39, 0.29) is 37.2 Å². The SMILES string of the molecule is CC[C@@]1(O)C(=O)OCc2c1cc1n(c2=O)Cc2c-1nc1ccccc1c2CC[Si](C)(C)CCCI.CC[C@@]1(O)C(=O)OCc2c1cc1n(c2=O)Cc2c-1nc1ccccc1c2CC[Si](C)(C)CCCP(=O)(OC)OC.COP(OC)OC. The van der Waals surface area contributed by atoms with Crippen molar-refractivity contribution in [3.05, 3.63) is 126 Å². The number of hydrogen-bond donors (Lipinski definition) is 2. The molecule has 4 aliphatic heterocycles. The fourth-order valence-corrected chi connectivity index (χ4v) is 19.3. The lowest BCUT2D eigenvalue weighted by Gasteiger charge is -2.31. The molecule has 6 aromatic rings. The maximum absolute atomic E-state index is 13.7. The molecule has 0 unspecified atom stereocenters. The highest BCUT2D eigenvalue weighted by molar-refractivity contribution is 14.1. The minimum absolute atomic E-state index is 0.106. The molecule has 0 spiro atoms. The van der Waals surface area contributed by atoms with E-state index in [0.29, 0.717) is 52.9 Å². The molecule has 82 heavy (non-hydrogen) atoms. The number of carbonyl (C=O) groups excluding carboxylic acids is 2. The number of carbonyl (C=O) groups is 2. The second-order valence-electron chi connectivity index (χ2n) is 22.8. The Kier molecular flexibility index (Phi) is 20.3. The van der Waals surface area contributed by atoms with Crippen LogP contribution >= 0.6 is 38.8 Å². The Morgan fingerprint density at radius 2 is 1.04 bits per heavy atom. The van der Waals surface area contributed by atoms with Crippen LogP contribution in [0.4, 0.5) is 0 Å². The summed E-state index contributed by atoms with van der Waals surface area (Å²) >= 11 is 2.46. The van der Waals surface area contributed by atoms with Crippen LogP contribution in [-0.2, 0) is 96.6 Å². The van der Waals surface area contributed by atoms with E-state index in [2.05, 4.69) is 80.5 Å². The molecule has 0 amide bonds. The Morgan fingerprint density at radius 3 is 1.40 bits per heavy atom. The fourth-order valence-electron chi connectivity index (χ4n) is 11.8. The number of alkyl halides is 1. The van der Waals surface area contributed by atoms with Crippen LogP contribution in [0.5, 0.6) is 0 Å². The molecule has 18 nitrogen and oxygen atoms in total. The van der Waals surface area contributed by atoms with Crippen molar-refractivity contribution in [1.82, 2.24) is 19.1 Å². The predicted molar refractivity (Wildman–Crippen MR) is 333 cm³/mol. The topological polar surface area (TPSA) is 226 Å². The van der Waals surface area contributed by atoms with Crippen molar-refractivity contribution in [1.29, 1.82) is 0 Å². The van der Waals surface area contributed by atoms with Crippen molar-refractivity contribution in [2.45, 2.75) is 140 Å². The summed E-state index contributed by atoms with van der Waals surface area (Å²) in [7, 11) is 0.367. The summed E-state index contributed by atoms with van der Waals surface area (Å²) in [4.78, 5) is 62.2. The van der Waals surface area contributed by atoms with E-state index < -0.39 is 55.5 Å². The molecule has 4 aliphatic rings. The number of rotatable bonds is 20. The number of aliphatic hydroxyl groups is 2. The minimum Gasteiger partial charge on any atom is -0.458 e. The van der Waals surface area contributed by atoms with Gasteiger partial charge >= 0.3 is 28.1 Å². The zero-order valence-corrected chi connectivity index (χ0v) is 54.9. The molecule has 0 bridgehead atoms. The highest BCUT2D eigenvalue weighted by atomic mass is 127. The van der Waals surface area contributed by atoms with Crippen molar-refractivity contribution in [2.75, 3.05) is 46.1 Å². The van der Waals surface area contributed by atoms with Gasteiger partial charge in [-0.2, -0.15) is 0 Å². The Bertz CT molecular complexity index is 3560. The van der Waals surface area contributed by atoms with Crippen molar-refractivity contribution in [3.63, 3.8) is 0 Å². The molecule has 0 radical (unpaired) electrons. The first kappa shape index (κ1) is 63.7. The first-order valence-electron chi connectivity index (χ1n) is 27.9. The normalized spacial score (nSPS) is 17.9. The summed E-state index contributed by atoms with van der Waals surface area (Å²) in [6.07, 6.45) is 4.50. The standard InChI is InChI=1S/C29H37N2O7PSi.C27H31IN2O4Si.C3H9O3P/c1-6-29(34)23-16-25-26-21(17-31(25)27(32)22(23)18-38-28(29)33)19(20-10-7-8-11-24(20)30-26)12-15-40(4,5)14-9-13-39(35,36-2)37-3;1-4-27(33)21-14-23-24-19(15-30(23)25(31)20(21)16-34-26(27)32)17(10-13-35(2,3)12-7-11-28)18-8-5-6-9-22(18)29-24;1-4-7(5-2)6-3/h7-8,10-11,16,34H,6,9,12-15,17-18H2,1-5H3;5-6,8-9,14,33H,4,7,10-13,15-16H2,1-3H3;1-3H3/t29-;27-;/m00./s1. The number of cyclic esters (lactones) is 2. The average Bonchev–Trinajstić information content (AvgIpc) is 2.53. The average molecular weight is 1310 g/mol. The number of ether oxygens (including phenoxy) is 2. The number of esters is 2. The number of halogens is 1. The number of para-hydroxylation sites is 2. The number of benzene rings is 2. The first-order chi connectivity index (χ1) is 39.0. The molecule has 8 heterocycles. The molecule has 0 aliphatic carbocycles. The Balaban J connectivity index is 0.000000194. The molecular weight excluding hydrogens is 1230 g/mol. The quantitative estimate of drug-likeness (QED) is 0.0238. The van der Waals surface area contributed by atoms with Gasteiger partial charge in [-0.05, 0) is 78.3 Å². The third-order valence-electron chi connectivity index (χ3n) is 16.8. The van der Waals surface area contributed by atoms with E-state index in [0.717, 1.165) is 75.7 Å². The van der Waals surface area contributed by atoms with Gasteiger partial charge in [-0.25, -0.2) is 19.6 Å². The summed E-state index contributed by atoms with van der Waals surface area (Å²) in [5, 5.41) is 24.5. The van der Waals surface area contributed by atoms with Crippen LogP contribution < -0.4 is 11.1 Å². The summed E-state index contributed by atoms with van der Waals surface area (Å²) in [6.45, 7) is 13.6. The molecular formula is C59H77IN4O14P2Si2. The number of pyridine rings is 4. The number of aryl methyl sites for hydroxylation is 2. The summed E-state index contributed by atoms with van der Waals surface area (Å²) in [5.41, 5.74) is 6.41. The van der Waals surface area contributed by atoms with Crippen LogP contribution in [0.2, 0.25) is 50.4 Å². The zero-order chi connectivity index (χ0) is 59.5. The van der Waals surface area contributed by atoms with Crippen molar-refractivity contribution in [3.8, 4) is 22.8 Å². The van der Waals surface area contributed by atoms with Crippen LogP contribution in [-0.4, -0.2) is 104 Å². The van der Waals surface area contributed by atoms with E-state index in [4.69, 9.17) is 28.5 Å². The van der Waals surface area contributed by atoms with Gasteiger partial charge in [0.1, 0.15) is 13.2 Å². The zero-order valence-electron chi connectivity index (χ0n) is 48.9. The molecule has 2 N–H and O–H groups in total. The second kappa shape index (κ2) is 26.1. The number of fused-ring (bicyclic) bond motifs is 10. The maximum atomic E-state index is 13.7. The monoisotopic (exact) mass is 1310 g/mol. The largest absolute Gasteiger partial charge is 0.458 e. The van der Waals surface area contributed by atoms with Gasteiger partial charge in [0, 0.05) is 90.9 Å². The molecule has 0 saturated carbocycles.